The smallest absolute Gasteiger partial charge is 0.272 e. The summed E-state index contributed by atoms with van der Waals surface area (Å²) in [5.74, 6) is -0.399. The van der Waals surface area contributed by atoms with E-state index < -0.39 is 0 Å². The Labute approximate surface area is 152 Å². The minimum Gasteiger partial charge on any atom is -0.349 e. The Morgan fingerprint density at radius 3 is 2.35 bits per heavy atom. The molecule has 0 saturated carbocycles. The van der Waals surface area contributed by atoms with E-state index in [1.54, 1.807) is 42.2 Å². The molecule has 0 atom stereocenters. The zero-order valence-corrected chi connectivity index (χ0v) is 15.5. The van der Waals surface area contributed by atoms with E-state index in [1.807, 2.05) is 18.5 Å². The molecule has 2 aromatic rings. The third-order valence-electron chi connectivity index (χ3n) is 3.79. The second kappa shape index (κ2) is 8.33. The fourth-order valence-electron chi connectivity index (χ4n) is 2.52. The van der Waals surface area contributed by atoms with Gasteiger partial charge in [0.05, 0.1) is 11.4 Å². The molecule has 0 aliphatic heterocycles. The average molecular weight is 356 g/mol. The number of aryl methyl sites for hydroxylation is 2. The van der Waals surface area contributed by atoms with Crippen molar-refractivity contribution in [2.24, 2.45) is 14.1 Å². The Balaban J connectivity index is 2.10. The van der Waals surface area contributed by atoms with Crippen molar-refractivity contribution in [3.05, 3.63) is 42.0 Å². The summed E-state index contributed by atoms with van der Waals surface area (Å²) in [5.41, 5.74) is 2.45. The van der Waals surface area contributed by atoms with Crippen LogP contribution in [0.2, 0.25) is 0 Å². The van der Waals surface area contributed by atoms with Crippen LogP contribution in [0.3, 0.4) is 0 Å². The predicted octanol–water partition coefficient (Wildman–Crippen LogP) is 2.96. The molecule has 7 nitrogen and oxygen atoms in total. The van der Waals surface area contributed by atoms with Crippen molar-refractivity contribution in [2.75, 3.05) is 10.6 Å². The van der Waals surface area contributed by atoms with Gasteiger partial charge in [0.25, 0.3) is 5.91 Å². The van der Waals surface area contributed by atoms with Crippen molar-refractivity contribution in [2.45, 2.75) is 26.7 Å². The van der Waals surface area contributed by atoms with E-state index in [2.05, 4.69) is 10.6 Å². The van der Waals surface area contributed by atoms with Gasteiger partial charge < -0.3 is 19.8 Å². The van der Waals surface area contributed by atoms with E-state index in [0.717, 1.165) is 12.1 Å². The first kappa shape index (κ1) is 19.2. The van der Waals surface area contributed by atoms with Crippen molar-refractivity contribution in [3.63, 3.8) is 0 Å². The van der Waals surface area contributed by atoms with Gasteiger partial charge in [-0.3, -0.25) is 14.4 Å². The first-order valence-electron chi connectivity index (χ1n) is 8.42. The molecule has 0 fully saturated rings. The molecule has 0 bridgehead atoms. The van der Waals surface area contributed by atoms with Crippen LogP contribution in [0.1, 0.15) is 42.9 Å². The van der Waals surface area contributed by atoms with Gasteiger partial charge in [-0.15, -0.1) is 0 Å². The van der Waals surface area contributed by atoms with E-state index in [4.69, 9.17) is 0 Å². The van der Waals surface area contributed by atoms with Crippen LogP contribution in [-0.4, -0.2) is 26.7 Å². The summed E-state index contributed by atoms with van der Waals surface area (Å²) in [4.78, 5) is 35.3. The van der Waals surface area contributed by atoms with Crippen LogP contribution < -0.4 is 10.6 Å². The molecule has 7 heteroatoms. The molecule has 0 aliphatic carbocycles. The van der Waals surface area contributed by atoms with Gasteiger partial charge >= 0.3 is 0 Å². The highest BCUT2D eigenvalue weighted by molar-refractivity contribution is 6.04. The molecule has 0 spiro atoms. The summed E-state index contributed by atoms with van der Waals surface area (Å²) in [6.07, 6.45) is 7.85. The number of allylic oxidation sites excluding steroid dienone is 1. The lowest BCUT2D eigenvalue weighted by Gasteiger charge is -2.03. The van der Waals surface area contributed by atoms with E-state index in [9.17, 15) is 14.4 Å². The molecule has 0 aliphatic rings. The Hall–Kier alpha value is -3.09. The van der Waals surface area contributed by atoms with Crippen LogP contribution in [0.5, 0.6) is 0 Å². The van der Waals surface area contributed by atoms with Crippen LogP contribution in [0.15, 0.2) is 30.6 Å². The summed E-state index contributed by atoms with van der Waals surface area (Å²) in [6.45, 7) is 3.41. The highest BCUT2D eigenvalue weighted by atomic mass is 16.2. The molecule has 2 N–H and O–H groups in total. The molecule has 26 heavy (non-hydrogen) atoms. The molecule has 2 amide bonds. The molecule has 2 aromatic heterocycles. The molecule has 0 aromatic carbocycles. The van der Waals surface area contributed by atoms with E-state index >= 15 is 0 Å². The molecular weight excluding hydrogens is 332 g/mol. The van der Waals surface area contributed by atoms with Crippen LogP contribution in [0, 0.1) is 0 Å². The quantitative estimate of drug-likeness (QED) is 0.748. The third kappa shape index (κ3) is 4.95. The van der Waals surface area contributed by atoms with E-state index in [-0.39, 0.29) is 17.6 Å². The van der Waals surface area contributed by atoms with Crippen LogP contribution >= 0.6 is 0 Å². The van der Waals surface area contributed by atoms with Gasteiger partial charge in [-0.1, -0.05) is 6.92 Å². The zero-order chi connectivity index (χ0) is 19.3. The number of carbonyl (C=O) groups is 3. The number of aromatic nitrogens is 2. The van der Waals surface area contributed by atoms with Gasteiger partial charge in [-0.05, 0) is 37.6 Å². The minimum absolute atomic E-state index is 0.0433. The van der Waals surface area contributed by atoms with E-state index in [1.165, 1.54) is 13.0 Å². The second-order valence-electron chi connectivity index (χ2n) is 6.19. The number of rotatable bonds is 7. The molecule has 0 saturated heterocycles. The van der Waals surface area contributed by atoms with Gasteiger partial charge in [-0.25, -0.2) is 0 Å². The third-order valence-corrected chi connectivity index (χ3v) is 3.79. The average Bonchev–Trinajstić information content (AvgIpc) is 3.07. The predicted molar refractivity (Wildman–Crippen MR) is 102 cm³/mol. The molecule has 138 valence electrons. The molecule has 2 heterocycles. The highest BCUT2D eigenvalue weighted by Gasteiger charge is 2.14. The topological polar surface area (TPSA) is 85.1 Å². The molecule has 2 rings (SSSR count). The summed E-state index contributed by atoms with van der Waals surface area (Å²) < 4.78 is 3.48. The number of carbonyl (C=O) groups excluding carboxylic acids is 3. The lowest BCUT2D eigenvalue weighted by atomic mass is 10.3. The first-order valence-corrected chi connectivity index (χ1v) is 8.42. The van der Waals surface area contributed by atoms with Crippen molar-refractivity contribution in [1.82, 2.24) is 9.13 Å². The van der Waals surface area contributed by atoms with Crippen molar-refractivity contribution in [1.29, 1.82) is 0 Å². The second-order valence-corrected chi connectivity index (χ2v) is 6.19. The number of amides is 2. The normalized spacial score (nSPS) is 10.9. The first-order chi connectivity index (χ1) is 12.3. The standard InChI is InChI=1S/C19H24N4O3/c1-5-6-18(25)20-15-10-17(23(4)12-15)19(26)21-14-9-16(22(3)11-14)8-7-13(2)24/h7-12H,5-6H2,1-4H3,(H,20,25)(H,21,26)/b8-7+. The van der Waals surface area contributed by atoms with Crippen molar-refractivity contribution in [3.8, 4) is 0 Å². The van der Waals surface area contributed by atoms with Gasteiger partial charge in [-0.2, -0.15) is 0 Å². The molecular formula is C19H24N4O3. The number of nitrogens with one attached hydrogen (secondary N) is 2. The van der Waals surface area contributed by atoms with Gasteiger partial charge in [0, 0.05) is 38.6 Å². The van der Waals surface area contributed by atoms with Crippen LogP contribution in [0.4, 0.5) is 11.4 Å². The SMILES string of the molecule is CCCC(=O)Nc1cc(C(=O)Nc2cc(/C=C/C(C)=O)n(C)c2)n(C)c1. The zero-order valence-electron chi connectivity index (χ0n) is 15.5. The highest BCUT2D eigenvalue weighted by Crippen LogP contribution is 2.18. The maximum Gasteiger partial charge on any atom is 0.272 e. The van der Waals surface area contributed by atoms with Crippen molar-refractivity contribution < 1.29 is 14.4 Å². The number of anilines is 2. The van der Waals surface area contributed by atoms with Crippen LogP contribution in [-0.2, 0) is 23.7 Å². The number of hydrogen-bond acceptors (Lipinski definition) is 3. The van der Waals surface area contributed by atoms with Gasteiger partial charge in [0.15, 0.2) is 5.78 Å². The number of hydrogen-bond donors (Lipinski definition) is 2. The van der Waals surface area contributed by atoms with Gasteiger partial charge in [0.2, 0.25) is 5.91 Å². The largest absolute Gasteiger partial charge is 0.349 e. The number of nitrogens with zero attached hydrogens (tertiary/aromatic N) is 2. The molecule has 0 radical (unpaired) electrons. The van der Waals surface area contributed by atoms with E-state index in [0.29, 0.717) is 23.5 Å². The minimum atomic E-state index is -0.281. The maximum atomic E-state index is 12.5. The Morgan fingerprint density at radius 1 is 1.04 bits per heavy atom. The maximum absolute atomic E-state index is 12.5. The Morgan fingerprint density at radius 2 is 1.69 bits per heavy atom. The Bertz CT molecular complexity index is 858. The lowest BCUT2D eigenvalue weighted by Crippen LogP contribution is -2.14. The fourth-order valence-corrected chi connectivity index (χ4v) is 2.52. The summed E-state index contributed by atoms with van der Waals surface area (Å²) in [6, 6.07) is 3.42. The monoisotopic (exact) mass is 356 g/mol. The number of ketones is 1. The summed E-state index contributed by atoms with van der Waals surface area (Å²) in [5, 5.41) is 5.61. The lowest BCUT2D eigenvalue weighted by molar-refractivity contribution is -0.116. The van der Waals surface area contributed by atoms with Crippen LogP contribution in [0.25, 0.3) is 6.08 Å². The van der Waals surface area contributed by atoms with Crippen molar-refractivity contribution >= 4 is 35.0 Å². The summed E-state index contributed by atoms with van der Waals surface area (Å²) in [7, 11) is 3.58. The molecule has 0 unspecified atom stereocenters. The Kier molecular flexibility index (Phi) is 6.16. The fraction of sp³-hybridized carbons (Fsp3) is 0.316. The summed E-state index contributed by atoms with van der Waals surface area (Å²) >= 11 is 0. The van der Waals surface area contributed by atoms with Gasteiger partial charge in [0.1, 0.15) is 5.69 Å².